The fraction of sp³-hybridized carbons (Fsp3) is 0.542. The van der Waals surface area contributed by atoms with E-state index in [-0.39, 0.29) is 5.41 Å². The summed E-state index contributed by atoms with van der Waals surface area (Å²) in [4.78, 5) is 15.2. The fourth-order valence-corrected chi connectivity index (χ4v) is 4.04. The van der Waals surface area contributed by atoms with Gasteiger partial charge in [-0.1, -0.05) is 58.0 Å². The minimum Gasteiger partial charge on any atom is -0.345 e. The molecule has 1 aliphatic rings. The van der Waals surface area contributed by atoms with Gasteiger partial charge in [-0.15, -0.1) is 0 Å². The zero-order valence-electron chi connectivity index (χ0n) is 17.3. The highest BCUT2D eigenvalue weighted by atomic mass is 16.2. The van der Waals surface area contributed by atoms with E-state index in [0.29, 0.717) is 24.3 Å². The number of carbonyl (C=O) groups excluding carboxylic acids is 1. The molecule has 3 rings (SSSR count). The number of hydrogen-bond donors (Lipinski definition) is 0. The van der Waals surface area contributed by atoms with Gasteiger partial charge in [-0.2, -0.15) is 0 Å². The maximum atomic E-state index is 13.0. The smallest absolute Gasteiger partial charge is 0.223 e. The third kappa shape index (κ3) is 5.98. The lowest BCUT2D eigenvalue weighted by atomic mass is 9.84. The lowest BCUT2D eigenvalue weighted by molar-refractivity contribution is -0.133. The first-order chi connectivity index (χ1) is 12.8. The Morgan fingerprint density at radius 1 is 1.15 bits per heavy atom. The van der Waals surface area contributed by atoms with E-state index in [1.54, 1.807) is 0 Å². The van der Waals surface area contributed by atoms with Crippen LogP contribution in [-0.2, 0) is 17.9 Å². The Labute approximate surface area is 164 Å². The molecule has 1 saturated carbocycles. The van der Waals surface area contributed by atoms with Crippen LogP contribution in [0.2, 0.25) is 0 Å². The quantitative estimate of drug-likeness (QED) is 0.606. The third-order valence-corrected chi connectivity index (χ3v) is 5.24. The van der Waals surface area contributed by atoms with Gasteiger partial charge < -0.3 is 9.47 Å². The van der Waals surface area contributed by atoms with Gasteiger partial charge >= 0.3 is 0 Å². The van der Waals surface area contributed by atoms with Crippen molar-refractivity contribution in [2.45, 2.75) is 72.5 Å². The van der Waals surface area contributed by atoms with Gasteiger partial charge in [-0.3, -0.25) is 4.79 Å². The van der Waals surface area contributed by atoms with Crippen LogP contribution in [0.4, 0.5) is 0 Å². The molecule has 2 aromatic rings. The number of carbonyl (C=O) groups is 1. The van der Waals surface area contributed by atoms with Crippen LogP contribution in [0.15, 0.2) is 48.7 Å². The Bertz CT molecular complexity index is 737. The molecule has 0 spiro atoms. The number of benzene rings is 1. The largest absolute Gasteiger partial charge is 0.345 e. The van der Waals surface area contributed by atoms with Crippen molar-refractivity contribution >= 4 is 5.91 Å². The molecule has 1 amide bonds. The molecule has 1 aliphatic carbocycles. The Kier molecular flexibility index (Phi) is 6.08. The molecular formula is C24H34N2O. The lowest BCUT2D eigenvalue weighted by Gasteiger charge is -2.27. The first-order valence-electron chi connectivity index (χ1n) is 10.3. The second kappa shape index (κ2) is 8.33. The molecular weight excluding hydrogens is 332 g/mol. The molecule has 0 N–H and O–H groups in total. The molecule has 0 radical (unpaired) electrons. The van der Waals surface area contributed by atoms with Gasteiger partial charge in [0.1, 0.15) is 0 Å². The summed E-state index contributed by atoms with van der Waals surface area (Å²) in [6.45, 7) is 10.6. The van der Waals surface area contributed by atoms with E-state index in [1.165, 1.54) is 11.3 Å². The average molecular weight is 367 g/mol. The third-order valence-electron chi connectivity index (χ3n) is 5.24. The number of amides is 1. The van der Waals surface area contributed by atoms with Gasteiger partial charge in [0.2, 0.25) is 5.91 Å². The van der Waals surface area contributed by atoms with Crippen LogP contribution in [-0.4, -0.2) is 21.4 Å². The number of nitrogens with zero attached hydrogens (tertiary/aromatic N) is 2. The van der Waals surface area contributed by atoms with E-state index in [2.05, 4.69) is 79.8 Å². The van der Waals surface area contributed by atoms with Crippen molar-refractivity contribution in [2.24, 2.45) is 11.3 Å². The van der Waals surface area contributed by atoms with Crippen LogP contribution >= 0.6 is 0 Å². The summed E-state index contributed by atoms with van der Waals surface area (Å²) in [5.41, 5.74) is 2.79. The van der Waals surface area contributed by atoms with Crippen LogP contribution in [0.25, 0.3) is 0 Å². The fourth-order valence-electron chi connectivity index (χ4n) is 4.04. The van der Waals surface area contributed by atoms with Crippen molar-refractivity contribution in [1.29, 1.82) is 0 Å². The Morgan fingerprint density at radius 2 is 1.85 bits per heavy atom. The summed E-state index contributed by atoms with van der Waals surface area (Å²) in [6.07, 6.45) is 6.17. The predicted molar refractivity (Wildman–Crippen MR) is 111 cm³/mol. The summed E-state index contributed by atoms with van der Waals surface area (Å²) < 4.78 is 2.27. The molecule has 27 heavy (non-hydrogen) atoms. The Morgan fingerprint density at radius 3 is 2.48 bits per heavy atom. The van der Waals surface area contributed by atoms with Gasteiger partial charge in [0.05, 0.1) is 6.54 Å². The van der Waals surface area contributed by atoms with Gasteiger partial charge in [-0.25, -0.2) is 0 Å². The zero-order chi connectivity index (χ0) is 19.4. The van der Waals surface area contributed by atoms with Crippen LogP contribution in [0.5, 0.6) is 0 Å². The monoisotopic (exact) mass is 366 g/mol. The summed E-state index contributed by atoms with van der Waals surface area (Å²) in [6, 6.07) is 15.2. The minimum atomic E-state index is 0.272. The van der Waals surface area contributed by atoms with Gasteiger partial charge in [0, 0.05) is 30.9 Å². The van der Waals surface area contributed by atoms with Gasteiger partial charge in [0.25, 0.3) is 0 Å². The molecule has 1 aromatic carbocycles. The summed E-state index contributed by atoms with van der Waals surface area (Å²) in [7, 11) is 0. The van der Waals surface area contributed by atoms with Gasteiger partial charge in [-0.05, 0) is 48.3 Å². The summed E-state index contributed by atoms with van der Waals surface area (Å²) in [5, 5.41) is 0. The number of aromatic nitrogens is 1. The van der Waals surface area contributed by atoms with Crippen molar-refractivity contribution in [1.82, 2.24) is 9.47 Å². The van der Waals surface area contributed by atoms with Crippen LogP contribution < -0.4 is 0 Å². The molecule has 1 fully saturated rings. The molecule has 1 unspecified atom stereocenters. The highest BCUT2D eigenvalue weighted by Crippen LogP contribution is 2.31. The lowest BCUT2D eigenvalue weighted by Crippen LogP contribution is -2.34. The molecule has 1 aromatic heterocycles. The van der Waals surface area contributed by atoms with Crippen molar-refractivity contribution in [2.75, 3.05) is 0 Å². The Balaban J connectivity index is 1.65. The molecule has 0 saturated heterocycles. The SMILES string of the molecule is CC(CC(=O)N(Cc1cccn1Cc1ccccc1)C1CC1)CC(C)(C)C. The molecule has 3 nitrogen and oxygen atoms in total. The first kappa shape index (κ1) is 19.7. The van der Waals surface area contributed by atoms with Crippen LogP contribution in [0.3, 0.4) is 0 Å². The molecule has 0 aliphatic heterocycles. The summed E-state index contributed by atoms with van der Waals surface area (Å²) in [5.74, 6) is 0.747. The molecule has 146 valence electrons. The second-order valence-corrected chi connectivity index (χ2v) is 9.44. The van der Waals surface area contributed by atoms with Gasteiger partial charge in [0.15, 0.2) is 0 Å². The highest BCUT2D eigenvalue weighted by molar-refractivity contribution is 5.77. The minimum absolute atomic E-state index is 0.272. The zero-order valence-corrected chi connectivity index (χ0v) is 17.3. The van der Waals surface area contributed by atoms with Crippen LogP contribution in [0.1, 0.15) is 64.6 Å². The van der Waals surface area contributed by atoms with E-state index in [4.69, 9.17) is 0 Å². The topological polar surface area (TPSA) is 25.2 Å². The van der Waals surface area contributed by atoms with E-state index < -0.39 is 0 Å². The standard InChI is InChI=1S/C24H34N2O/c1-19(16-24(2,3)4)15-23(27)26(21-12-13-21)18-22-11-8-14-25(22)17-20-9-6-5-7-10-20/h5-11,14,19,21H,12-13,15-18H2,1-4H3. The van der Waals surface area contributed by atoms with E-state index in [9.17, 15) is 4.79 Å². The second-order valence-electron chi connectivity index (χ2n) is 9.44. The predicted octanol–water partition coefficient (Wildman–Crippen LogP) is 5.49. The number of hydrogen-bond acceptors (Lipinski definition) is 1. The van der Waals surface area contributed by atoms with Crippen molar-refractivity contribution in [3.05, 3.63) is 59.9 Å². The molecule has 1 atom stereocenters. The molecule has 3 heteroatoms. The van der Waals surface area contributed by atoms with Crippen molar-refractivity contribution < 1.29 is 4.79 Å². The Hall–Kier alpha value is -2.03. The molecule has 1 heterocycles. The molecule has 0 bridgehead atoms. The van der Waals surface area contributed by atoms with E-state index in [0.717, 1.165) is 32.4 Å². The summed E-state index contributed by atoms with van der Waals surface area (Å²) >= 11 is 0. The van der Waals surface area contributed by atoms with Crippen molar-refractivity contribution in [3.63, 3.8) is 0 Å². The maximum Gasteiger partial charge on any atom is 0.223 e. The average Bonchev–Trinajstić information content (AvgIpc) is 3.33. The first-order valence-corrected chi connectivity index (χ1v) is 10.3. The van der Waals surface area contributed by atoms with E-state index >= 15 is 0 Å². The maximum absolute atomic E-state index is 13.0. The van der Waals surface area contributed by atoms with E-state index in [1.807, 2.05) is 6.07 Å². The normalized spacial score (nSPS) is 15.6. The number of rotatable bonds is 8. The van der Waals surface area contributed by atoms with Crippen molar-refractivity contribution in [3.8, 4) is 0 Å². The highest BCUT2D eigenvalue weighted by Gasteiger charge is 2.33. The van der Waals surface area contributed by atoms with Crippen LogP contribution in [0, 0.1) is 11.3 Å².